The number of carbonyl (C=O) groups excluding carboxylic acids is 1. The molecule has 1 heterocycles. The summed E-state index contributed by atoms with van der Waals surface area (Å²) in [5, 5.41) is 9.56. The Morgan fingerprint density at radius 1 is 1.39 bits per heavy atom. The number of hydrogen-bond donors (Lipinski definition) is 1. The zero-order valence-electron chi connectivity index (χ0n) is 10.5. The average molecular weight is 359 g/mol. The van der Waals surface area contributed by atoms with E-state index in [1.807, 2.05) is 36.1 Å². The highest BCUT2D eigenvalue weighted by molar-refractivity contribution is 14.1. The summed E-state index contributed by atoms with van der Waals surface area (Å²) in [7, 11) is 0. The summed E-state index contributed by atoms with van der Waals surface area (Å²) < 4.78 is 0.998. The smallest absolute Gasteiger partial charge is 0.254 e. The highest BCUT2D eigenvalue weighted by Crippen LogP contribution is 2.23. The first-order chi connectivity index (χ1) is 8.59. The molecule has 98 valence electrons. The van der Waals surface area contributed by atoms with Crippen LogP contribution in [0.1, 0.15) is 30.1 Å². The van der Waals surface area contributed by atoms with Crippen LogP contribution in [0.5, 0.6) is 0 Å². The third-order valence-corrected chi connectivity index (χ3v) is 4.55. The molecule has 1 aliphatic rings. The Hall–Kier alpha value is -0.620. The fourth-order valence-corrected chi connectivity index (χ4v) is 3.01. The Labute approximate surface area is 121 Å². The quantitative estimate of drug-likeness (QED) is 0.825. The van der Waals surface area contributed by atoms with Gasteiger partial charge in [-0.1, -0.05) is 12.1 Å². The second-order valence-corrected chi connectivity index (χ2v) is 6.01. The number of aliphatic hydroxyl groups is 1. The minimum absolute atomic E-state index is 0.115. The maximum Gasteiger partial charge on any atom is 0.254 e. The Kier molecular flexibility index (Phi) is 4.61. The van der Waals surface area contributed by atoms with E-state index in [2.05, 4.69) is 22.6 Å². The van der Waals surface area contributed by atoms with Crippen molar-refractivity contribution in [1.82, 2.24) is 4.90 Å². The Bertz CT molecular complexity index is 426. The van der Waals surface area contributed by atoms with Crippen molar-refractivity contribution in [2.45, 2.75) is 25.9 Å². The van der Waals surface area contributed by atoms with Crippen LogP contribution in [0.4, 0.5) is 0 Å². The molecule has 0 radical (unpaired) electrons. The van der Waals surface area contributed by atoms with Gasteiger partial charge in [0.15, 0.2) is 0 Å². The number of likely N-dealkylation sites (tertiary alicyclic amines) is 1. The summed E-state index contributed by atoms with van der Waals surface area (Å²) in [4.78, 5) is 14.3. The lowest BCUT2D eigenvalue weighted by molar-refractivity contribution is 0.0520. The SMILES string of the molecule is CC(O)C1CCN(C(=O)c2ccccc2I)CC1. The summed E-state index contributed by atoms with van der Waals surface area (Å²) in [6, 6.07) is 7.68. The fraction of sp³-hybridized carbons (Fsp3) is 0.500. The van der Waals surface area contributed by atoms with Gasteiger partial charge in [-0.05, 0) is 60.4 Å². The van der Waals surface area contributed by atoms with Crippen molar-refractivity contribution >= 4 is 28.5 Å². The van der Waals surface area contributed by atoms with Gasteiger partial charge in [0.1, 0.15) is 0 Å². The molecular formula is C14H18INO2. The highest BCUT2D eigenvalue weighted by Gasteiger charge is 2.26. The number of halogens is 1. The molecule has 1 amide bonds. The van der Waals surface area contributed by atoms with E-state index in [0.29, 0.717) is 5.92 Å². The van der Waals surface area contributed by atoms with Crippen molar-refractivity contribution in [3.8, 4) is 0 Å². The highest BCUT2D eigenvalue weighted by atomic mass is 127. The van der Waals surface area contributed by atoms with Crippen LogP contribution in [-0.4, -0.2) is 35.1 Å². The van der Waals surface area contributed by atoms with Crippen molar-refractivity contribution < 1.29 is 9.90 Å². The van der Waals surface area contributed by atoms with Gasteiger partial charge in [0, 0.05) is 16.7 Å². The normalized spacial score (nSPS) is 18.7. The number of piperidine rings is 1. The minimum Gasteiger partial charge on any atom is -0.393 e. The molecule has 1 N–H and O–H groups in total. The van der Waals surface area contributed by atoms with E-state index >= 15 is 0 Å². The van der Waals surface area contributed by atoms with Gasteiger partial charge >= 0.3 is 0 Å². The third kappa shape index (κ3) is 3.03. The van der Waals surface area contributed by atoms with Crippen LogP contribution in [0, 0.1) is 9.49 Å². The van der Waals surface area contributed by atoms with E-state index in [1.165, 1.54) is 0 Å². The monoisotopic (exact) mass is 359 g/mol. The van der Waals surface area contributed by atoms with Gasteiger partial charge in [-0.3, -0.25) is 4.79 Å². The lowest BCUT2D eigenvalue weighted by Crippen LogP contribution is -2.41. The summed E-state index contributed by atoms with van der Waals surface area (Å²) in [5.74, 6) is 0.452. The number of carbonyl (C=O) groups is 1. The summed E-state index contributed by atoms with van der Waals surface area (Å²) in [6.07, 6.45) is 1.53. The molecule has 1 saturated heterocycles. The Balaban J connectivity index is 2.02. The Morgan fingerprint density at radius 3 is 2.56 bits per heavy atom. The van der Waals surface area contributed by atoms with Gasteiger partial charge < -0.3 is 10.0 Å². The molecule has 0 aliphatic carbocycles. The van der Waals surface area contributed by atoms with E-state index in [0.717, 1.165) is 35.1 Å². The standard InChI is InChI=1S/C14H18INO2/c1-10(17)11-6-8-16(9-7-11)14(18)12-4-2-3-5-13(12)15/h2-5,10-11,17H,6-9H2,1H3. The van der Waals surface area contributed by atoms with Gasteiger partial charge in [-0.15, -0.1) is 0 Å². The van der Waals surface area contributed by atoms with Crippen molar-refractivity contribution in [1.29, 1.82) is 0 Å². The molecule has 1 aromatic rings. The number of aliphatic hydroxyl groups excluding tert-OH is 1. The molecule has 1 aromatic carbocycles. The number of hydrogen-bond acceptors (Lipinski definition) is 2. The van der Waals surface area contributed by atoms with Gasteiger partial charge in [-0.2, -0.15) is 0 Å². The van der Waals surface area contributed by atoms with E-state index < -0.39 is 0 Å². The molecule has 0 aromatic heterocycles. The number of rotatable bonds is 2. The zero-order chi connectivity index (χ0) is 13.1. The van der Waals surface area contributed by atoms with Gasteiger partial charge in [0.25, 0.3) is 5.91 Å². The van der Waals surface area contributed by atoms with Crippen molar-refractivity contribution in [3.05, 3.63) is 33.4 Å². The van der Waals surface area contributed by atoms with Gasteiger partial charge in [0.2, 0.25) is 0 Å². The molecule has 0 bridgehead atoms. The largest absolute Gasteiger partial charge is 0.393 e. The predicted octanol–water partition coefficient (Wildman–Crippen LogP) is 2.52. The third-order valence-electron chi connectivity index (χ3n) is 3.61. The van der Waals surface area contributed by atoms with Crippen molar-refractivity contribution in [3.63, 3.8) is 0 Å². The first-order valence-corrected chi connectivity index (χ1v) is 7.39. The average Bonchev–Trinajstić information content (AvgIpc) is 2.38. The van der Waals surface area contributed by atoms with Crippen LogP contribution in [-0.2, 0) is 0 Å². The predicted molar refractivity (Wildman–Crippen MR) is 79.5 cm³/mol. The molecule has 0 saturated carbocycles. The van der Waals surface area contributed by atoms with Crippen LogP contribution in [0.15, 0.2) is 24.3 Å². The maximum atomic E-state index is 12.4. The van der Waals surface area contributed by atoms with Crippen LogP contribution in [0.3, 0.4) is 0 Å². The second-order valence-electron chi connectivity index (χ2n) is 4.85. The molecule has 2 rings (SSSR count). The van der Waals surface area contributed by atoms with Crippen molar-refractivity contribution in [2.75, 3.05) is 13.1 Å². The first kappa shape index (κ1) is 13.8. The molecule has 1 atom stereocenters. The van der Waals surface area contributed by atoms with Gasteiger partial charge in [0.05, 0.1) is 11.7 Å². The molecular weight excluding hydrogens is 341 g/mol. The topological polar surface area (TPSA) is 40.5 Å². The maximum absolute atomic E-state index is 12.4. The van der Waals surface area contributed by atoms with Crippen LogP contribution >= 0.6 is 22.6 Å². The first-order valence-electron chi connectivity index (χ1n) is 6.31. The number of nitrogens with zero attached hydrogens (tertiary/aromatic N) is 1. The van der Waals surface area contributed by atoms with Crippen LogP contribution in [0.2, 0.25) is 0 Å². The van der Waals surface area contributed by atoms with E-state index in [9.17, 15) is 9.90 Å². The van der Waals surface area contributed by atoms with E-state index in [1.54, 1.807) is 0 Å². The molecule has 1 fully saturated rings. The fourth-order valence-electron chi connectivity index (χ4n) is 2.39. The lowest BCUT2D eigenvalue weighted by Gasteiger charge is -2.33. The molecule has 0 spiro atoms. The van der Waals surface area contributed by atoms with E-state index in [-0.39, 0.29) is 12.0 Å². The molecule has 18 heavy (non-hydrogen) atoms. The number of benzene rings is 1. The summed E-state index contributed by atoms with van der Waals surface area (Å²) in [5.41, 5.74) is 0.786. The molecule has 1 unspecified atom stereocenters. The van der Waals surface area contributed by atoms with Gasteiger partial charge in [-0.25, -0.2) is 0 Å². The van der Waals surface area contributed by atoms with Crippen LogP contribution in [0.25, 0.3) is 0 Å². The minimum atomic E-state index is -0.265. The molecule has 3 nitrogen and oxygen atoms in total. The molecule has 1 aliphatic heterocycles. The molecule has 4 heteroatoms. The van der Waals surface area contributed by atoms with Crippen molar-refractivity contribution in [2.24, 2.45) is 5.92 Å². The zero-order valence-corrected chi connectivity index (χ0v) is 12.6. The summed E-state index contributed by atoms with van der Waals surface area (Å²) >= 11 is 2.20. The van der Waals surface area contributed by atoms with Crippen LogP contribution < -0.4 is 0 Å². The second kappa shape index (κ2) is 6.02. The lowest BCUT2D eigenvalue weighted by atomic mass is 9.92. The summed E-state index contributed by atoms with van der Waals surface area (Å²) in [6.45, 7) is 3.33. The number of amides is 1. The Morgan fingerprint density at radius 2 is 2.00 bits per heavy atom. The van der Waals surface area contributed by atoms with E-state index in [4.69, 9.17) is 0 Å².